The lowest BCUT2D eigenvalue weighted by Gasteiger charge is -2.07. The monoisotopic (exact) mass is 255 g/mol. The molecule has 88 valence electrons. The van der Waals surface area contributed by atoms with Crippen molar-refractivity contribution >= 4 is 11.6 Å². The van der Waals surface area contributed by atoms with Crippen LogP contribution in [0.5, 0.6) is 5.75 Å². The molecule has 0 atom stereocenters. The third kappa shape index (κ3) is 3.14. The molecule has 1 aromatic carbocycles. The van der Waals surface area contributed by atoms with Crippen LogP contribution in [-0.2, 0) is 6.61 Å². The molecule has 2 rings (SSSR count). The molecular weight excluding hydrogens is 248 g/mol. The average Bonchev–Trinajstić information content (AvgIpc) is 2.28. The fourth-order valence-corrected chi connectivity index (χ4v) is 1.48. The second-order valence-electron chi connectivity index (χ2n) is 3.35. The van der Waals surface area contributed by atoms with Crippen LogP contribution in [0, 0.1) is 11.6 Å². The number of benzene rings is 1. The molecule has 0 aliphatic carbocycles. The minimum Gasteiger partial charge on any atom is -0.486 e. The van der Waals surface area contributed by atoms with E-state index in [9.17, 15) is 8.78 Å². The van der Waals surface area contributed by atoms with Gasteiger partial charge < -0.3 is 4.74 Å². The molecule has 0 saturated carbocycles. The standard InChI is InChI=1S/C12H8ClF2NO/c13-12-5-8(3-4-16-12)7-17-11-2-1-9(14)6-10(11)15/h1-6H,7H2. The Balaban J connectivity index is 2.07. The van der Waals surface area contributed by atoms with E-state index in [1.165, 1.54) is 12.3 Å². The first kappa shape index (κ1) is 11.8. The van der Waals surface area contributed by atoms with Crippen LogP contribution in [0.3, 0.4) is 0 Å². The summed E-state index contributed by atoms with van der Waals surface area (Å²) in [7, 11) is 0. The molecule has 0 amide bonds. The van der Waals surface area contributed by atoms with Crippen molar-refractivity contribution < 1.29 is 13.5 Å². The zero-order chi connectivity index (χ0) is 12.3. The van der Waals surface area contributed by atoms with Crippen molar-refractivity contribution in [3.05, 3.63) is 58.9 Å². The van der Waals surface area contributed by atoms with Crippen LogP contribution in [0.2, 0.25) is 5.15 Å². The molecular formula is C12H8ClF2NO. The highest BCUT2D eigenvalue weighted by molar-refractivity contribution is 6.29. The Morgan fingerprint density at radius 3 is 2.71 bits per heavy atom. The van der Waals surface area contributed by atoms with Crippen LogP contribution < -0.4 is 4.74 Å². The quantitative estimate of drug-likeness (QED) is 0.782. The number of hydrogen-bond donors (Lipinski definition) is 0. The molecule has 0 spiro atoms. The van der Waals surface area contributed by atoms with Crippen molar-refractivity contribution in [2.24, 2.45) is 0 Å². The molecule has 17 heavy (non-hydrogen) atoms. The first-order chi connectivity index (χ1) is 8.15. The molecule has 0 radical (unpaired) electrons. The molecule has 0 aliphatic rings. The Hall–Kier alpha value is -1.68. The summed E-state index contributed by atoms with van der Waals surface area (Å²) in [4.78, 5) is 3.81. The van der Waals surface area contributed by atoms with E-state index in [0.717, 1.165) is 17.7 Å². The summed E-state index contributed by atoms with van der Waals surface area (Å²) in [6, 6.07) is 6.47. The summed E-state index contributed by atoms with van der Waals surface area (Å²) in [5.41, 5.74) is 0.758. The molecule has 1 aromatic heterocycles. The van der Waals surface area contributed by atoms with Crippen molar-refractivity contribution in [3.63, 3.8) is 0 Å². The Kier molecular flexibility index (Phi) is 3.54. The fourth-order valence-electron chi connectivity index (χ4n) is 1.29. The van der Waals surface area contributed by atoms with E-state index in [-0.39, 0.29) is 12.4 Å². The Morgan fingerprint density at radius 2 is 2.00 bits per heavy atom. The number of ether oxygens (including phenoxy) is 1. The molecule has 5 heteroatoms. The van der Waals surface area contributed by atoms with Gasteiger partial charge in [0.15, 0.2) is 11.6 Å². The van der Waals surface area contributed by atoms with Crippen LogP contribution in [-0.4, -0.2) is 4.98 Å². The fraction of sp³-hybridized carbons (Fsp3) is 0.0833. The first-order valence-corrected chi connectivity index (χ1v) is 5.21. The zero-order valence-electron chi connectivity index (χ0n) is 8.66. The average molecular weight is 256 g/mol. The van der Waals surface area contributed by atoms with Gasteiger partial charge in [-0.2, -0.15) is 0 Å². The maximum absolute atomic E-state index is 13.2. The first-order valence-electron chi connectivity index (χ1n) is 4.83. The van der Waals surface area contributed by atoms with E-state index < -0.39 is 11.6 Å². The number of nitrogens with zero attached hydrogens (tertiary/aromatic N) is 1. The van der Waals surface area contributed by atoms with Crippen molar-refractivity contribution in [2.45, 2.75) is 6.61 Å². The van der Waals surface area contributed by atoms with E-state index in [1.54, 1.807) is 12.1 Å². The molecule has 0 unspecified atom stereocenters. The van der Waals surface area contributed by atoms with Gasteiger partial charge in [-0.25, -0.2) is 13.8 Å². The second-order valence-corrected chi connectivity index (χ2v) is 3.74. The number of halogens is 3. The highest BCUT2D eigenvalue weighted by Gasteiger charge is 2.05. The van der Waals surface area contributed by atoms with Crippen molar-refractivity contribution in [1.29, 1.82) is 0 Å². The number of aromatic nitrogens is 1. The van der Waals surface area contributed by atoms with E-state index in [2.05, 4.69) is 4.98 Å². The number of rotatable bonds is 3. The van der Waals surface area contributed by atoms with Crippen LogP contribution in [0.15, 0.2) is 36.5 Å². The van der Waals surface area contributed by atoms with Gasteiger partial charge in [-0.1, -0.05) is 11.6 Å². The molecule has 2 aromatic rings. The third-order valence-corrected chi connectivity index (χ3v) is 2.29. The van der Waals surface area contributed by atoms with Crippen LogP contribution >= 0.6 is 11.6 Å². The highest BCUT2D eigenvalue weighted by atomic mass is 35.5. The maximum atomic E-state index is 13.2. The molecule has 0 bridgehead atoms. The van der Waals surface area contributed by atoms with E-state index in [1.807, 2.05) is 0 Å². The van der Waals surface area contributed by atoms with Crippen LogP contribution in [0.1, 0.15) is 5.56 Å². The summed E-state index contributed by atoms with van der Waals surface area (Å²) in [5, 5.41) is 0.339. The van der Waals surface area contributed by atoms with Crippen LogP contribution in [0.25, 0.3) is 0 Å². The van der Waals surface area contributed by atoms with Gasteiger partial charge in [-0.05, 0) is 29.8 Å². The second kappa shape index (κ2) is 5.10. The van der Waals surface area contributed by atoms with E-state index >= 15 is 0 Å². The summed E-state index contributed by atoms with van der Waals surface area (Å²) in [5.74, 6) is -1.37. The topological polar surface area (TPSA) is 22.1 Å². The lowest BCUT2D eigenvalue weighted by Crippen LogP contribution is -1.98. The smallest absolute Gasteiger partial charge is 0.167 e. The van der Waals surface area contributed by atoms with E-state index in [4.69, 9.17) is 16.3 Å². The number of hydrogen-bond acceptors (Lipinski definition) is 2. The highest BCUT2D eigenvalue weighted by Crippen LogP contribution is 2.19. The van der Waals surface area contributed by atoms with Gasteiger partial charge in [0.1, 0.15) is 17.6 Å². The summed E-state index contributed by atoms with van der Waals surface area (Å²) in [6.45, 7) is 0.144. The minimum atomic E-state index is -0.731. The summed E-state index contributed by atoms with van der Waals surface area (Å²) >= 11 is 5.69. The van der Waals surface area contributed by atoms with E-state index in [0.29, 0.717) is 5.15 Å². The summed E-state index contributed by atoms with van der Waals surface area (Å²) < 4.78 is 31.1. The van der Waals surface area contributed by atoms with Gasteiger partial charge >= 0.3 is 0 Å². The molecule has 0 saturated heterocycles. The normalized spacial score (nSPS) is 10.3. The molecule has 1 heterocycles. The Bertz CT molecular complexity index is 534. The largest absolute Gasteiger partial charge is 0.486 e. The lowest BCUT2D eigenvalue weighted by molar-refractivity contribution is 0.289. The molecule has 0 aliphatic heterocycles. The van der Waals surface area contributed by atoms with Crippen molar-refractivity contribution in [1.82, 2.24) is 4.98 Å². The third-order valence-electron chi connectivity index (χ3n) is 2.08. The van der Waals surface area contributed by atoms with Crippen molar-refractivity contribution in [3.8, 4) is 5.75 Å². The summed E-state index contributed by atoms with van der Waals surface area (Å²) in [6.07, 6.45) is 1.53. The molecule has 0 N–H and O–H groups in total. The Labute approximate surface area is 102 Å². The Morgan fingerprint density at radius 1 is 1.18 bits per heavy atom. The number of pyridine rings is 1. The van der Waals surface area contributed by atoms with Gasteiger partial charge in [0, 0.05) is 12.3 Å². The molecule has 2 nitrogen and oxygen atoms in total. The SMILES string of the molecule is Fc1ccc(OCc2ccnc(Cl)c2)c(F)c1. The predicted molar refractivity (Wildman–Crippen MR) is 59.9 cm³/mol. The minimum absolute atomic E-state index is 0.000616. The van der Waals surface area contributed by atoms with Gasteiger partial charge in [0.2, 0.25) is 0 Å². The predicted octanol–water partition coefficient (Wildman–Crippen LogP) is 3.59. The molecule has 0 fully saturated rings. The van der Waals surface area contributed by atoms with Gasteiger partial charge in [0.25, 0.3) is 0 Å². The van der Waals surface area contributed by atoms with Gasteiger partial charge in [-0.15, -0.1) is 0 Å². The van der Waals surface area contributed by atoms with Crippen LogP contribution in [0.4, 0.5) is 8.78 Å². The van der Waals surface area contributed by atoms with Crippen molar-refractivity contribution in [2.75, 3.05) is 0 Å². The van der Waals surface area contributed by atoms with Gasteiger partial charge in [-0.3, -0.25) is 0 Å². The maximum Gasteiger partial charge on any atom is 0.167 e. The zero-order valence-corrected chi connectivity index (χ0v) is 9.42. The van der Waals surface area contributed by atoms with Gasteiger partial charge in [0.05, 0.1) is 0 Å². The lowest BCUT2D eigenvalue weighted by atomic mass is 10.3.